The topological polar surface area (TPSA) is 67.3 Å². The maximum absolute atomic E-state index is 12.5. The Morgan fingerprint density at radius 1 is 0.913 bits per heavy atom. The van der Waals surface area contributed by atoms with Gasteiger partial charge in [-0.25, -0.2) is 0 Å². The molecule has 0 saturated heterocycles. The number of fused-ring (bicyclic) bond motifs is 3. The van der Waals surface area contributed by atoms with Crippen LogP contribution in [0.4, 0.5) is 0 Å². The number of aromatic nitrogens is 1. The number of pyridine rings is 1. The monoisotopic (exact) mass is 301 g/mol. The van der Waals surface area contributed by atoms with E-state index >= 15 is 0 Å². The number of aromatic hydroxyl groups is 1. The summed E-state index contributed by atoms with van der Waals surface area (Å²) in [6.45, 7) is 0. The molecule has 0 fully saturated rings. The number of rotatable bonds is 2. The molecule has 0 bridgehead atoms. The molecule has 0 aliphatic heterocycles. The van der Waals surface area contributed by atoms with Crippen LogP contribution < -0.4 is 0 Å². The third kappa shape index (κ3) is 1.96. The van der Waals surface area contributed by atoms with Gasteiger partial charge in [0.15, 0.2) is 11.6 Å². The zero-order valence-electron chi connectivity index (χ0n) is 12.0. The van der Waals surface area contributed by atoms with Crippen LogP contribution in [-0.2, 0) is 0 Å². The molecule has 2 aromatic carbocycles. The fraction of sp³-hybridized carbons (Fsp3) is 0. The fourth-order valence-corrected chi connectivity index (χ4v) is 2.83. The Balaban J connectivity index is 1.82. The van der Waals surface area contributed by atoms with E-state index in [1.165, 1.54) is 12.3 Å². The van der Waals surface area contributed by atoms with Crippen LogP contribution in [0, 0.1) is 0 Å². The Hall–Kier alpha value is -3.27. The molecule has 1 aromatic heterocycles. The van der Waals surface area contributed by atoms with Crippen LogP contribution in [0.3, 0.4) is 0 Å². The molecule has 1 heterocycles. The summed E-state index contributed by atoms with van der Waals surface area (Å²) in [5.41, 5.74) is 2.88. The van der Waals surface area contributed by atoms with Gasteiger partial charge in [-0.1, -0.05) is 36.4 Å². The first kappa shape index (κ1) is 13.4. The minimum absolute atomic E-state index is 0.0902. The van der Waals surface area contributed by atoms with Crippen molar-refractivity contribution in [2.75, 3.05) is 0 Å². The molecule has 23 heavy (non-hydrogen) atoms. The molecule has 1 aliphatic rings. The normalized spacial score (nSPS) is 11.9. The Labute approximate surface area is 132 Å². The number of phenols is 1. The highest BCUT2D eigenvalue weighted by Crippen LogP contribution is 2.35. The predicted molar refractivity (Wildman–Crippen MR) is 84.6 cm³/mol. The summed E-state index contributed by atoms with van der Waals surface area (Å²) in [6.07, 6.45) is 1.45. The van der Waals surface area contributed by atoms with Crippen molar-refractivity contribution in [1.29, 1.82) is 0 Å². The van der Waals surface area contributed by atoms with Crippen molar-refractivity contribution in [2.24, 2.45) is 0 Å². The molecule has 4 heteroatoms. The number of carbonyl (C=O) groups excluding carboxylic acids is 2. The van der Waals surface area contributed by atoms with Gasteiger partial charge in [-0.2, -0.15) is 0 Å². The van der Waals surface area contributed by atoms with Crippen molar-refractivity contribution in [3.63, 3.8) is 0 Å². The number of hydrogen-bond acceptors (Lipinski definition) is 4. The Morgan fingerprint density at radius 2 is 1.61 bits per heavy atom. The molecular formula is C19H11NO3. The largest absolute Gasteiger partial charge is 0.507 e. The van der Waals surface area contributed by atoms with Crippen LogP contribution in [0.5, 0.6) is 5.75 Å². The average molecular weight is 301 g/mol. The molecule has 0 amide bonds. The van der Waals surface area contributed by atoms with Gasteiger partial charge in [0.1, 0.15) is 5.75 Å². The lowest BCUT2D eigenvalue weighted by Gasteiger charge is -2.05. The van der Waals surface area contributed by atoms with Crippen LogP contribution in [0.25, 0.3) is 11.3 Å². The minimum atomic E-state index is -0.359. The summed E-state index contributed by atoms with van der Waals surface area (Å²) in [7, 11) is 0. The quantitative estimate of drug-likeness (QED) is 0.577. The summed E-state index contributed by atoms with van der Waals surface area (Å²) in [6, 6.07) is 15.1. The van der Waals surface area contributed by atoms with Gasteiger partial charge in [0, 0.05) is 28.5 Å². The number of nitrogens with zero attached hydrogens (tertiary/aromatic N) is 1. The smallest absolute Gasteiger partial charge is 0.198 e. The van der Waals surface area contributed by atoms with Crippen molar-refractivity contribution in [3.05, 3.63) is 83.0 Å². The van der Waals surface area contributed by atoms with Gasteiger partial charge in [0.05, 0.1) is 11.3 Å². The average Bonchev–Trinajstić information content (AvgIpc) is 2.88. The first-order chi connectivity index (χ1) is 11.2. The summed E-state index contributed by atoms with van der Waals surface area (Å²) in [4.78, 5) is 29.3. The van der Waals surface area contributed by atoms with E-state index in [-0.39, 0.29) is 28.4 Å². The zero-order chi connectivity index (χ0) is 16.0. The predicted octanol–water partition coefficient (Wildman–Crippen LogP) is 3.23. The third-order valence-electron chi connectivity index (χ3n) is 3.97. The molecule has 110 valence electrons. The number of para-hydroxylation sites is 1. The summed E-state index contributed by atoms with van der Waals surface area (Å²) in [5, 5.41) is 9.82. The highest BCUT2D eigenvalue weighted by atomic mass is 16.3. The van der Waals surface area contributed by atoms with Crippen molar-refractivity contribution >= 4 is 11.6 Å². The molecule has 0 saturated carbocycles. The van der Waals surface area contributed by atoms with E-state index in [1.54, 1.807) is 36.4 Å². The number of ketones is 2. The third-order valence-corrected chi connectivity index (χ3v) is 3.97. The van der Waals surface area contributed by atoms with E-state index in [2.05, 4.69) is 4.98 Å². The highest BCUT2D eigenvalue weighted by Gasteiger charge is 2.28. The van der Waals surface area contributed by atoms with Gasteiger partial charge in [-0.3, -0.25) is 14.6 Å². The molecular weight excluding hydrogens is 290 g/mol. The Kier molecular flexibility index (Phi) is 2.84. The van der Waals surface area contributed by atoms with Crippen LogP contribution in [0.2, 0.25) is 0 Å². The highest BCUT2D eigenvalue weighted by molar-refractivity contribution is 6.22. The fourth-order valence-electron chi connectivity index (χ4n) is 2.83. The molecule has 4 nitrogen and oxygen atoms in total. The van der Waals surface area contributed by atoms with Crippen LogP contribution in [-0.4, -0.2) is 21.7 Å². The number of phenolic OH excluding ortho intramolecular Hbond substituents is 1. The SMILES string of the molecule is O=C(c1cnc2c(c1)C(=O)c1ccccc1-2)c1ccccc1O. The van der Waals surface area contributed by atoms with Gasteiger partial charge >= 0.3 is 0 Å². The van der Waals surface area contributed by atoms with Crippen LogP contribution in [0.1, 0.15) is 31.8 Å². The van der Waals surface area contributed by atoms with Gasteiger partial charge in [-0.15, -0.1) is 0 Å². The van der Waals surface area contributed by atoms with Crippen molar-refractivity contribution in [2.45, 2.75) is 0 Å². The van der Waals surface area contributed by atoms with Crippen LogP contribution >= 0.6 is 0 Å². The number of benzene rings is 2. The van der Waals surface area contributed by atoms with E-state index in [1.807, 2.05) is 12.1 Å². The first-order valence-corrected chi connectivity index (χ1v) is 7.13. The van der Waals surface area contributed by atoms with E-state index in [9.17, 15) is 14.7 Å². The maximum Gasteiger partial charge on any atom is 0.198 e. The maximum atomic E-state index is 12.5. The molecule has 3 aromatic rings. The second kappa shape index (κ2) is 4.88. The van der Waals surface area contributed by atoms with Crippen molar-refractivity contribution in [1.82, 2.24) is 4.98 Å². The van der Waals surface area contributed by atoms with Gasteiger partial charge < -0.3 is 5.11 Å². The summed E-state index contributed by atoms with van der Waals surface area (Å²) < 4.78 is 0. The molecule has 1 aliphatic carbocycles. The summed E-state index contributed by atoms with van der Waals surface area (Å²) in [5.74, 6) is -0.579. The minimum Gasteiger partial charge on any atom is -0.507 e. The van der Waals surface area contributed by atoms with E-state index in [0.717, 1.165) is 5.56 Å². The lowest BCUT2D eigenvalue weighted by atomic mass is 10.0. The van der Waals surface area contributed by atoms with E-state index < -0.39 is 0 Å². The van der Waals surface area contributed by atoms with E-state index in [4.69, 9.17) is 0 Å². The standard InChI is InChI=1S/C19H11NO3/c21-16-8-4-3-7-14(16)18(22)11-9-15-17(20-10-11)12-5-1-2-6-13(12)19(15)23/h1-10,21H. The molecule has 0 radical (unpaired) electrons. The lowest BCUT2D eigenvalue weighted by molar-refractivity contribution is 0.103. The van der Waals surface area contributed by atoms with Gasteiger partial charge in [0.2, 0.25) is 0 Å². The Bertz CT molecular complexity index is 976. The second-order valence-corrected chi connectivity index (χ2v) is 5.34. The molecule has 0 spiro atoms. The van der Waals surface area contributed by atoms with Crippen molar-refractivity contribution < 1.29 is 14.7 Å². The van der Waals surface area contributed by atoms with Crippen molar-refractivity contribution in [3.8, 4) is 17.0 Å². The molecule has 1 N–H and O–H groups in total. The molecule has 0 atom stereocenters. The lowest BCUT2D eigenvalue weighted by Crippen LogP contribution is -2.05. The van der Waals surface area contributed by atoms with Gasteiger partial charge in [0.25, 0.3) is 0 Å². The molecule has 4 rings (SSSR count). The number of hydrogen-bond donors (Lipinski definition) is 1. The van der Waals surface area contributed by atoms with Crippen LogP contribution in [0.15, 0.2) is 60.8 Å². The number of carbonyl (C=O) groups is 2. The Morgan fingerprint density at radius 3 is 2.39 bits per heavy atom. The molecule has 0 unspecified atom stereocenters. The summed E-state index contributed by atoms with van der Waals surface area (Å²) >= 11 is 0. The van der Waals surface area contributed by atoms with Gasteiger partial charge in [-0.05, 0) is 18.2 Å². The zero-order valence-corrected chi connectivity index (χ0v) is 12.0. The van der Waals surface area contributed by atoms with E-state index in [0.29, 0.717) is 16.8 Å². The second-order valence-electron chi connectivity index (χ2n) is 5.34. The first-order valence-electron chi connectivity index (χ1n) is 7.13.